The lowest BCUT2D eigenvalue weighted by molar-refractivity contribution is -0.137. The van der Waals surface area contributed by atoms with Gasteiger partial charge in [-0.2, -0.15) is 5.10 Å². The first-order valence-electron chi connectivity index (χ1n) is 7.30. The Morgan fingerprint density at radius 1 is 1.21 bits per heavy atom. The number of rotatable bonds is 5. The molecular formula is C17H17N3O4. The molecule has 0 aliphatic heterocycles. The van der Waals surface area contributed by atoms with Crippen LogP contribution in [0.1, 0.15) is 23.0 Å². The highest BCUT2D eigenvalue weighted by molar-refractivity contribution is 6.02. The van der Waals surface area contributed by atoms with Gasteiger partial charge in [-0.15, -0.1) is 0 Å². The van der Waals surface area contributed by atoms with Gasteiger partial charge in [0.05, 0.1) is 6.61 Å². The summed E-state index contributed by atoms with van der Waals surface area (Å²) in [5.74, 6) is -0.823. The Morgan fingerprint density at radius 2 is 1.92 bits per heavy atom. The summed E-state index contributed by atoms with van der Waals surface area (Å²) < 4.78 is 5.89. The van der Waals surface area contributed by atoms with Gasteiger partial charge in [0.2, 0.25) is 0 Å². The Labute approximate surface area is 138 Å². The van der Waals surface area contributed by atoms with Crippen LogP contribution in [0.25, 0.3) is 6.08 Å². The first-order valence-corrected chi connectivity index (χ1v) is 7.30. The fraction of sp³-hybridized carbons (Fsp3) is 0.176. The molecule has 0 aliphatic carbocycles. The fourth-order valence-corrected chi connectivity index (χ4v) is 1.85. The summed E-state index contributed by atoms with van der Waals surface area (Å²) >= 11 is 0. The minimum absolute atomic E-state index is 0.142. The van der Waals surface area contributed by atoms with E-state index < -0.39 is 11.9 Å². The van der Waals surface area contributed by atoms with Crippen molar-refractivity contribution in [1.82, 2.24) is 9.78 Å². The number of ether oxygens (including phenoxy) is 1. The van der Waals surface area contributed by atoms with Gasteiger partial charge in [-0.1, -0.05) is 12.1 Å². The topological polar surface area (TPSA) is 90.3 Å². The van der Waals surface area contributed by atoms with Crippen LogP contribution in [0.15, 0.2) is 47.3 Å². The number of nitrogens with zero attached hydrogens (tertiary/aromatic N) is 2. The summed E-state index contributed by atoms with van der Waals surface area (Å²) in [5, 5.41) is 6.57. The Bertz CT molecular complexity index is 822. The second-order valence-corrected chi connectivity index (χ2v) is 4.84. The zero-order valence-corrected chi connectivity index (χ0v) is 13.4. The number of carbonyl (C=O) groups excluding carboxylic acids is 2. The normalized spacial score (nSPS) is 10.6. The second-order valence-electron chi connectivity index (χ2n) is 4.84. The third kappa shape index (κ3) is 4.64. The molecule has 1 N–H and O–H groups in total. The van der Waals surface area contributed by atoms with E-state index >= 15 is 0 Å². The standard InChI is InChI=1S/C17H17N3O4/c1-3-24-16(22)11-6-12-4-7-13(8-5-12)18-17(23)14-9-10-15(21)20(2)19-14/h4-11H,3H2,1-2H3,(H,18,23)/b11-6+. The fourth-order valence-electron chi connectivity index (χ4n) is 1.85. The number of esters is 1. The Morgan fingerprint density at radius 3 is 2.54 bits per heavy atom. The number of hydrogen-bond donors (Lipinski definition) is 1. The highest BCUT2D eigenvalue weighted by Crippen LogP contribution is 2.12. The van der Waals surface area contributed by atoms with Crippen molar-refractivity contribution in [2.75, 3.05) is 11.9 Å². The lowest BCUT2D eigenvalue weighted by Crippen LogP contribution is -2.23. The molecule has 1 aromatic carbocycles. The summed E-state index contributed by atoms with van der Waals surface area (Å²) in [4.78, 5) is 34.6. The largest absolute Gasteiger partial charge is 0.463 e. The predicted octanol–water partition coefficient (Wildman–Crippen LogP) is 1.61. The molecule has 2 aromatic rings. The van der Waals surface area contributed by atoms with Gasteiger partial charge in [0.15, 0.2) is 0 Å². The predicted molar refractivity (Wildman–Crippen MR) is 89.5 cm³/mol. The number of carbonyl (C=O) groups is 2. The van der Waals surface area contributed by atoms with E-state index in [1.165, 1.54) is 25.3 Å². The van der Waals surface area contributed by atoms with Crippen molar-refractivity contribution in [2.24, 2.45) is 7.05 Å². The van der Waals surface area contributed by atoms with Crippen LogP contribution in [-0.4, -0.2) is 28.3 Å². The number of anilines is 1. The molecule has 0 saturated heterocycles. The van der Waals surface area contributed by atoms with Gasteiger partial charge in [0.25, 0.3) is 11.5 Å². The van der Waals surface area contributed by atoms with Gasteiger partial charge < -0.3 is 10.1 Å². The van der Waals surface area contributed by atoms with Crippen molar-refractivity contribution < 1.29 is 14.3 Å². The Balaban J connectivity index is 2.03. The van der Waals surface area contributed by atoms with E-state index in [1.807, 2.05) is 0 Å². The van der Waals surface area contributed by atoms with Gasteiger partial charge in [0.1, 0.15) is 5.69 Å². The number of hydrogen-bond acceptors (Lipinski definition) is 5. The number of amides is 1. The van der Waals surface area contributed by atoms with E-state index in [-0.39, 0.29) is 11.3 Å². The molecule has 0 fully saturated rings. The summed E-state index contributed by atoms with van der Waals surface area (Å²) in [6.07, 6.45) is 2.96. The molecule has 0 unspecified atom stereocenters. The molecule has 0 bridgehead atoms. The zero-order chi connectivity index (χ0) is 17.5. The average molecular weight is 327 g/mol. The van der Waals surface area contributed by atoms with E-state index in [0.717, 1.165) is 10.2 Å². The maximum absolute atomic E-state index is 12.1. The molecule has 0 spiro atoms. The van der Waals surface area contributed by atoms with Gasteiger partial charge >= 0.3 is 5.97 Å². The van der Waals surface area contributed by atoms with Gasteiger partial charge in [-0.3, -0.25) is 9.59 Å². The molecule has 0 radical (unpaired) electrons. The SMILES string of the molecule is CCOC(=O)/C=C/c1ccc(NC(=O)c2ccc(=O)n(C)n2)cc1. The second kappa shape index (κ2) is 7.87. The van der Waals surface area contributed by atoms with Crippen LogP contribution in [0.2, 0.25) is 0 Å². The monoisotopic (exact) mass is 327 g/mol. The molecule has 7 nitrogen and oxygen atoms in total. The van der Waals surface area contributed by atoms with Crippen molar-refractivity contribution in [3.05, 3.63) is 64.1 Å². The number of nitrogens with one attached hydrogen (secondary N) is 1. The van der Waals surface area contributed by atoms with E-state index in [0.29, 0.717) is 12.3 Å². The van der Waals surface area contributed by atoms with Crippen LogP contribution >= 0.6 is 0 Å². The molecule has 1 amide bonds. The number of aromatic nitrogens is 2. The first kappa shape index (κ1) is 17.1. The van der Waals surface area contributed by atoms with Crippen molar-refractivity contribution in [3.63, 3.8) is 0 Å². The van der Waals surface area contributed by atoms with E-state index in [2.05, 4.69) is 10.4 Å². The lowest BCUT2D eigenvalue weighted by atomic mass is 10.2. The molecule has 2 rings (SSSR count). The zero-order valence-electron chi connectivity index (χ0n) is 13.4. The van der Waals surface area contributed by atoms with Crippen LogP contribution < -0.4 is 10.9 Å². The number of benzene rings is 1. The highest BCUT2D eigenvalue weighted by Gasteiger charge is 2.08. The van der Waals surface area contributed by atoms with Crippen molar-refractivity contribution in [1.29, 1.82) is 0 Å². The molecule has 0 saturated carbocycles. The summed E-state index contributed by atoms with van der Waals surface area (Å²) in [7, 11) is 1.48. The van der Waals surface area contributed by atoms with Crippen molar-refractivity contribution >= 4 is 23.6 Å². The maximum Gasteiger partial charge on any atom is 0.330 e. The van der Waals surface area contributed by atoms with Crippen LogP contribution in [0.4, 0.5) is 5.69 Å². The Hall–Kier alpha value is -3.22. The van der Waals surface area contributed by atoms with Gasteiger partial charge in [-0.25, -0.2) is 9.48 Å². The molecule has 1 aromatic heterocycles. The van der Waals surface area contributed by atoms with Crippen LogP contribution in [0, 0.1) is 0 Å². The third-order valence-corrected chi connectivity index (χ3v) is 3.06. The molecule has 0 aliphatic rings. The van der Waals surface area contributed by atoms with E-state index in [1.54, 1.807) is 37.3 Å². The van der Waals surface area contributed by atoms with Gasteiger partial charge in [0, 0.05) is 24.9 Å². The molecule has 1 heterocycles. The molecule has 24 heavy (non-hydrogen) atoms. The molecule has 124 valence electrons. The van der Waals surface area contributed by atoms with Crippen LogP contribution in [0.5, 0.6) is 0 Å². The molecular weight excluding hydrogens is 310 g/mol. The number of aryl methyl sites for hydroxylation is 1. The highest BCUT2D eigenvalue weighted by atomic mass is 16.5. The molecule has 0 atom stereocenters. The summed E-state index contributed by atoms with van der Waals surface area (Å²) in [6.45, 7) is 2.07. The minimum atomic E-state index is -0.416. The van der Waals surface area contributed by atoms with Crippen molar-refractivity contribution in [3.8, 4) is 0 Å². The van der Waals surface area contributed by atoms with Gasteiger partial charge in [-0.05, 0) is 36.8 Å². The maximum atomic E-state index is 12.1. The van der Waals surface area contributed by atoms with E-state index in [9.17, 15) is 14.4 Å². The summed E-state index contributed by atoms with van der Waals surface area (Å²) in [5.41, 5.74) is 1.22. The van der Waals surface area contributed by atoms with Crippen LogP contribution in [-0.2, 0) is 16.6 Å². The average Bonchev–Trinajstić information content (AvgIpc) is 2.57. The van der Waals surface area contributed by atoms with E-state index in [4.69, 9.17) is 4.74 Å². The molecule has 7 heteroatoms. The van der Waals surface area contributed by atoms with Crippen molar-refractivity contribution in [2.45, 2.75) is 6.92 Å². The summed E-state index contributed by atoms with van der Waals surface area (Å²) in [6, 6.07) is 9.55. The lowest BCUT2D eigenvalue weighted by Gasteiger charge is -2.05. The van der Waals surface area contributed by atoms with Crippen LogP contribution in [0.3, 0.4) is 0 Å². The third-order valence-electron chi connectivity index (χ3n) is 3.06. The minimum Gasteiger partial charge on any atom is -0.463 e. The smallest absolute Gasteiger partial charge is 0.330 e. The quantitative estimate of drug-likeness (QED) is 0.665. The Kier molecular flexibility index (Phi) is 5.62. The first-order chi connectivity index (χ1) is 11.5.